The lowest BCUT2D eigenvalue weighted by molar-refractivity contribution is -0.125. The Balaban J connectivity index is 2.03. The van der Waals surface area contributed by atoms with Crippen LogP contribution in [0.25, 0.3) is 0 Å². The second kappa shape index (κ2) is 5.15. The van der Waals surface area contributed by atoms with Crippen molar-refractivity contribution in [3.63, 3.8) is 0 Å². The van der Waals surface area contributed by atoms with E-state index in [4.69, 9.17) is 11.6 Å². The minimum atomic E-state index is -0.276. The van der Waals surface area contributed by atoms with E-state index >= 15 is 0 Å². The molecule has 1 aliphatic heterocycles. The predicted molar refractivity (Wildman–Crippen MR) is 65.5 cm³/mol. The zero-order valence-electron chi connectivity index (χ0n) is 9.75. The SMILES string of the molecule is CC1CN(Cc2ccc(Cl)cc2F)CCC1=O. The van der Waals surface area contributed by atoms with Gasteiger partial charge in [0.2, 0.25) is 0 Å². The number of hydrogen-bond acceptors (Lipinski definition) is 2. The molecule has 0 aromatic heterocycles. The number of halogens is 2. The van der Waals surface area contributed by atoms with Crippen LogP contribution in [0.4, 0.5) is 4.39 Å². The number of hydrogen-bond donors (Lipinski definition) is 0. The Kier molecular flexibility index (Phi) is 3.79. The molecule has 0 radical (unpaired) electrons. The quantitative estimate of drug-likeness (QED) is 0.810. The Morgan fingerprint density at radius 3 is 2.94 bits per heavy atom. The van der Waals surface area contributed by atoms with Crippen molar-refractivity contribution in [3.8, 4) is 0 Å². The van der Waals surface area contributed by atoms with Gasteiger partial charge in [-0.15, -0.1) is 0 Å². The molecule has 2 rings (SSSR count). The Morgan fingerprint density at radius 2 is 2.29 bits per heavy atom. The maximum Gasteiger partial charge on any atom is 0.138 e. The summed E-state index contributed by atoms with van der Waals surface area (Å²) in [5.74, 6) is 0.0824. The molecule has 92 valence electrons. The zero-order chi connectivity index (χ0) is 12.4. The maximum absolute atomic E-state index is 13.6. The number of ketones is 1. The molecule has 0 saturated carbocycles. The van der Waals surface area contributed by atoms with Crippen LogP contribution in [0.1, 0.15) is 18.9 Å². The van der Waals surface area contributed by atoms with E-state index < -0.39 is 0 Å². The van der Waals surface area contributed by atoms with E-state index in [0.29, 0.717) is 42.4 Å². The van der Waals surface area contributed by atoms with Crippen LogP contribution in [0, 0.1) is 11.7 Å². The molecule has 1 unspecified atom stereocenters. The highest BCUT2D eigenvalue weighted by atomic mass is 35.5. The molecule has 1 aromatic rings. The first-order valence-electron chi connectivity index (χ1n) is 5.75. The molecule has 0 spiro atoms. The molecule has 1 heterocycles. The van der Waals surface area contributed by atoms with Crippen molar-refractivity contribution in [2.75, 3.05) is 13.1 Å². The van der Waals surface area contributed by atoms with Gasteiger partial charge in [-0.25, -0.2) is 4.39 Å². The van der Waals surface area contributed by atoms with Gasteiger partial charge in [-0.05, 0) is 12.1 Å². The summed E-state index contributed by atoms with van der Waals surface area (Å²) in [6.45, 7) is 3.89. The van der Waals surface area contributed by atoms with Crippen molar-refractivity contribution >= 4 is 17.4 Å². The van der Waals surface area contributed by atoms with E-state index in [1.54, 1.807) is 12.1 Å². The summed E-state index contributed by atoms with van der Waals surface area (Å²) in [5.41, 5.74) is 0.635. The molecule has 4 heteroatoms. The lowest BCUT2D eigenvalue weighted by Crippen LogP contribution is -2.39. The molecule has 1 aromatic carbocycles. The van der Waals surface area contributed by atoms with E-state index in [1.165, 1.54) is 6.07 Å². The number of rotatable bonds is 2. The summed E-state index contributed by atoms with van der Waals surface area (Å²) < 4.78 is 13.6. The van der Waals surface area contributed by atoms with E-state index in [0.717, 1.165) is 0 Å². The Labute approximate surface area is 105 Å². The number of likely N-dealkylation sites (tertiary alicyclic amines) is 1. The summed E-state index contributed by atoms with van der Waals surface area (Å²) in [5, 5.41) is 0.411. The van der Waals surface area contributed by atoms with E-state index in [9.17, 15) is 9.18 Å². The smallest absolute Gasteiger partial charge is 0.138 e. The second-order valence-corrected chi connectivity index (χ2v) is 5.02. The van der Waals surface area contributed by atoms with Crippen molar-refractivity contribution in [1.29, 1.82) is 0 Å². The highest BCUT2D eigenvalue weighted by Gasteiger charge is 2.23. The van der Waals surface area contributed by atoms with E-state index in [-0.39, 0.29) is 11.7 Å². The Hall–Kier alpha value is -0.930. The first kappa shape index (κ1) is 12.5. The molecule has 2 nitrogen and oxygen atoms in total. The number of piperidine rings is 1. The first-order valence-corrected chi connectivity index (χ1v) is 6.13. The van der Waals surface area contributed by atoms with Gasteiger partial charge in [-0.3, -0.25) is 9.69 Å². The fourth-order valence-electron chi connectivity index (χ4n) is 2.13. The fourth-order valence-corrected chi connectivity index (χ4v) is 2.29. The van der Waals surface area contributed by atoms with Crippen LogP contribution in [0.3, 0.4) is 0 Å². The maximum atomic E-state index is 13.6. The van der Waals surface area contributed by atoms with Crippen molar-refractivity contribution < 1.29 is 9.18 Å². The average Bonchev–Trinajstić information content (AvgIpc) is 2.27. The molecular formula is C13H15ClFNO. The van der Waals surface area contributed by atoms with Crippen LogP contribution < -0.4 is 0 Å². The lowest BCUT2D eigenvalue weighted by Gasteiger charge is -2.30. The van der Waals surface area contributed by atoms with Gasteiger partial charge in [0.05, 0.1) is 0 Å². The number of carbonyl (C=O) groups is 1. The Morgan fingerprint density at radius 1 is 1.53 bits per heavy atom. The molecule has 1 fully saturated rings. The topological polar surface area (TPSA) is 20.3 Å². The van der Waals surface area contributed by atoms with Crippen LogP contribution in [-0.2, 0) is 11.3 Å². The molecule has 0 bridgehead atoms. The van der Waals surface area contributed by atoms with Gasteiger partial charge in [0.15, 0.2) is 0 Å². The summed E-state index contributed by atoms with van der Waals surface area (Å²) in [7, 11) is 0. The van der Waals surface area contributed by atoms with Crippen LogP contribution >= 0.6 is 11.6 Å². The molecule has 0 amide bonds. The van der Waals surface area contributed by atoms with Crippen LogP contribution in [0.15, 0.2) is 18.2 Å². The normalized spacial score (nSPS) is 21.8. The fraction of sp³-hybridized carbons (Fsp3) is 0.462. The predicted octanol–water partition coefficient (Wildman–Crippen LogP) is 2.89. The third-order valence-electron chi connectivity index (χ3n) is 3.17. The van der Waals surface area contributed by atoms with Gasteiger partial charge in [-0.1, -0.05) is 24.6 Å². The van der Waals surface area contributed by atoms with Crippen LogP contribution in [0.2, 0.25) is 5.02 Å². The van der Waals surface area contributed by atoms with Gasteiger partial charge < -0.3 is 0 Å². The van der Waals surface area contributed by atoms with Gasteiger partial charge in [0, 0.05) is 42.6 Å². The zero-order valence-corrected chi connectivity index (χ0v) is 10.5. The van der Waals surface area contributed by atoms with Crippen LogP contribution in [0.5, 0.6) is 0 Å². The monoisotopic (exact) mass is 255 g/mol. The summed E-state index contributed by atoms with van der Waals surface area (Å²) in [4.78, 5) is 13.5. The standard InChI is InChI=1S/C13H15ClFNO/c1-9-7-16(5-4-13(9)17)8-10-2-3-11(14)6-12(10)15/h2-3,6,9H,4-5,7-8H2,1H3. The second-order valence-electron chi connectivity index (χ2n) is 4.59. The van der Waals surface area contributed by atoms with E-state index in [2.05, 4.69) is 4.90 Å². The van der Waals surface area contributed by atoms with Crippen molar-refractivity contribution in [3.05, 3.63) is 34.6 Å². The molecule has 1 aliphatic rings. The number of Topliss-reactive ketones (excluding diaryl/α,β-unsaturated/α-hetero) is 1. The number of nitrogens with zero attached hydrogens (tertiary/aromatic N) is 1. The van der Waals surface area contributed by atoms with Crippen molar-refractivity contribution in [2.45, 2.75) is 19.9 Å². The molecule has 0 N–H and O–H groups in total. The first-order chi connectivity index (χ1) is 8.06. The molecule has 1 saturated heterocycles. The summed E-state index contributed by atoms with van der Waals surface area (Å²) in [6, 6.07) is 4.73. The minimum absolute atomic E-state index is 0.0547. The minimum Gasteiger partial charge on any atom is -0.299 e. The molecule has 17 heavy (non-hydrogen) atoms. The molecule has 0 aliphatic carbocycles. The number of carbonyl (C=O) groups excluding carboxylic acids is 1. The van der Waals surface area contributed by atoms with Crippen LogP contribution in [-0.4, -0.2) is 23.8 Å². The van der Waals surface area contributed by atoms with Gasteiger partial charge in [0.25, 0.3) is 0 Å². The largest absolute Gasteiger partial charge is 0.299 e. The lowest BCUT2D eigenvalue weighted by atomic mass is 9.98. The van der Waals surface area contributed by atoms with Crippen molar-refractivity contribution in [2.24, 2.45) is 5.92 Å². The van der Waals surface area contributed by atoms with Gasteiger partial charge in [-0.2, -0.15) is 0 Å². The average molecular weight is 256 g/mol. The van der Waals surface area contributed by atoms with Gasteiger partial charge >= 0.3 is 0 Å². The number of benzene rings is 1. The van der Waals surface area contributed by atoms with Crippen molar-refractivity contribution in [1.82, 2.24) is 4.90 Å². The molecular weight excluding hydrogens is 241 g/mol. The van der Waals surface area contributed by atoms with E-state index in [1.807, 2.05) is 6.92 Å². The molecule has 1 atom stereocenters. The summed E-state index contributed by atoms with van der Waals surface area (Å²) in [6.07, 6.45) is 0.566. The third kappa shape index (κ3) is 3.05. The summed E-state index contributed by atoms with van der Waals surface area (Å²) >= 11 is 5.70. The van der Waals surface area contributed by atoms with Gasteiger partial charge in [0.1, 0.15) is 11.6 Å². The highest BCUT2D eigenvalue weighted by molar-refractivity contribution is 6.30. The highest BCUT2D eigenvalue weighted by Crippen LogP contribution is 2.19. The third-order valence-corrected chi connectivity index (χ3v) is 3.40. The Bertz CT molecular complexity index is 435.